The molecule has 7 heteroatoms. The van der Waals surface area contributed by atoms with Crippen LogP contribution in [0.15, 0.2) is 24.7 Å². The first-order valence-corrected chi connectivity index (χ1v) is 10.5. The van der Waals surface area contributed by atoms with Gasteiger partial charge < -0.3 is 9.30 Å². The van der Waals surface area contributed by atoms with E-state index in [2.05, 4.69) is 31.0 Å². The van der Waals surface area contributed by atoms with Gasteiger partial charge in [-0.1, -0.05) is 6.07 Å². The summed E-state index contributed by atoms with van der Waals surface area (Å²) < 4.78 is 7.43. The molecule has 2 fully saturated rings. The van der Waals surface area contributed by atoms with Gasteiger partial charge in [-0.3, -0.25) is 9.80 Å². The summed E-state index contributed by atoms with van der Waals surface area (Å²) in [7, 11) is 3.73. The van der Waals surface area contributed by atoms with Crippen LogP contribution in [0.2, 0.25) is 0 Å². The molecule has 0 radical (unpaired) electrons. The van der Waals surface area contributed by atoms with Crippen LogP contribution in [0.25, 0.3) is 0 Å². The van der Waals surface area contributed by atoms with E-state index in [1.54, 1.807) is 19.6 Å². The Kier molecular flexibility index (Phi) is 6.22. The first kappa shape index (κ1) is 19.3. The van der Waals surface area contributed by atoms with Gasteiger partial charge in [0, 0.05) is 25.4 Å². The number of aromatic nitrogens is 4. The van der Waals surface area contributed by atoms with Crippen molar-refractivity contribution in [2.24, 2.45) is 18.9 Å². The van der Waals surface area contributed by atoms with Crippen molar-refractivity contribution in [3.63, 3.8) is 0 Å². The zero-order valence-electron chi connectivity index (χ0n) is 17.1. The van der Waals surface area contributed by atoms with Crippen LogP contribution in [0, 0.1) is 11.8 Å². The highest BCUT2D eigenvalue weighted by Crippen LogP contribution is 2.33. The molecule has 4 rings (SSSR count). The monoisotopic (exact) mass is 384 g/mol. The van der Waals surface area contributed by atoms with Gasteiger partial charge in [0.25, 0.3) is 0 Å². The fraction of sp³-hybridized carbons (Fsp3) is 0.667. The summed E-state index contributed by atoms with van der Waals surface area (Å²) in [4.78, 5) is 9.41. The third kappa shape index (κ3) is 4.52. The lowest BCUT2D eigenvalue weighted by molar-refractivity contribution is 0.0892. The number of methoxy groups -OCH3 is 1. The smallest absolute Gasteiger partial charge is 0.217 e. The van der Waals surface area contributed by atoms with Crippen LogP contribution in [0.4, 0.5) is 0 Å². The highest BCUT2D eigenvalue weighted by Gasteiger charge is 2.30. The van der Waals surface area contributed by atoms with Crippen molar-refractivity contribution in [3.8, 4) is 5.88 Å². The predicted molar refractivity (Wildman–Crippen MR) is 108 cm³/mol. The van der Waals surface area contributed by atoms with Gasteiger partial charge >= 0.3 is 0 Å². The van der Waals surface area contributed by atoms with Crippen LogP contribution in [-0.4, -0.2) is 62.8 Å². The lowest BCUT2D eigenvalue weighted by Gasteiger charge is -2.40. The summed E-state index contributed by atoms with van der Waals surface area (Å²) in [5.74, 6) is 3.59. The Bertz CT molecular complexity index is 747. The minimum Gasteiger partial charge on any atom is -0.481 e. The first-order valence-electron chi connectivity index (χ1n) is 10.5. The quantitative estimate of drug-likeness (QED) is 0.762. The lowest BCUT2D eigenvalue weighted by atomic mass is 9.78. The average molecular weight is 385 g/mol. The van der Waals surface area contributed by atoms with Crippen LogP contribution in [0.1, 0.15) is 37.1 Å². The van der Waals surface area contributed by atoms with Crippen LogP contribution < -0.4 is 4.74 Å². The van der Waals surface area contributed by atoms with Crippen molar-refractivity contribution in [1.29, 1.82) is 0 Å². The number of hydrogen-bond acceptors (Lipinski definition) is 6. The van der Waals surface area contributed by atoms with Crippen molar-refractivity contribution < 1.29 is 4.74 Å². The maximum atomic E-state index is 5.41. The summed E-state index contributed by atoms with van der Waals surface area (Å²) in [6.07, 6.45) is 8.85. The zero-order valence-corrected chi connectivity index (χ0v) is 17.1. The van der Waals surface area contributed by atoms with Gasteiger partial charge in [-0.25, -0.2) is 4.98 Å². The van der Waals surface area contributed by atoms with Crippen LogP contribution in [0.5, 0.6) is 5.88 Å². The molecule has 0 spiro atoms. The molecule has 0 saturated carbocycles. The molecule has 0 bridgehead atoms. The Labute approximate surface area is 167 Å². The molecule has 152 valence electrons. The van der Waals surface area contributed by atoms with Crippen LogP contribution >= 0.6 is 0 Å². The number of nitrogens with zero attached hydrogens (tertiary/aromatic N) is 6. The molecule has 2 saturated heterocycles. The highest BCUT2D eigenvalue weighted by atomic mass is 16.5. The third-order valence-corrected chi connectivity index (χ3v) is 6.54. The van der Waals surface area contributed by atoms with E-state index >= 15 is 0 Å². The molecular weight excluding hydrogens is 352 g/mol. The number of ether oxygens (including phenoxy) is 1. The van der Waals surface area contributed by atoms with Gasteiger partial charge in [0.2, 0.25) is 5.88 Å². The molecule has 0 aromatic carbocycles. The molecule has 2 aromatic heterocycles. The highest BCUT2D eigenvalue weighted by molar-refractivity contribution is 5.25. The molecule has 2 aliphatic rings. The number of likely N-dealkylation sites (tertiary alicyclic amines) is 2. The van der Waals surface area contributed by atoms with E-state index in [0.29, 0.717) is 0 Å². The normalized spacial score (nSPS) is 20.5. The molecule has 0 amide bonds. The fourth-order valence-electron chi connectivity index (χ4n) is 4.78. The molecule has 28 heavy (non-hydrogen) atoms. The molecule has 0 N–H and O–H groups in total. The van der Waals surface area contributed by atoms with E-state index in [9.17, 15) is 0 Å². The average Bonchev–Trinajstić information content (AvgIpc) is 3.14. The predicted octanol–water partition coefficient (Wildman–Crippen LogP) is 2.34. The Morgan fingerprint density at radius 2 is 1.64 bits per heavy atom. The van der Waals surface area contributed by atoms with E-state index in [1.807, 2.05) is 17.7 Å². The van der Waals surface area contributed by atoms with E-state index in [0.717, 1.165) is 36.6 Å². The molecule has 2 aliphatic heterocycles. The van der Waals surface area contributed by atoms with Crippen LogP contribution in [0.3, 0.4) is 0 Å². The minimum atomic E-state index is 0.764. The standard InChI is InChI=1S/C21H32N6O/c1-25-16-23-24-20(25)15-27-12-7-18(8-13-27)17-5-10-26(11-6-17)14-19-4-3-9-22-21(19)28-2/h3-4,9,16-18H,5-8,10-15H2,1-2H3. The molecule has 7 nitrogen and oxygen atoms in total. The summed E-state index contributed by atoms with van der Waals surface area (Å²) in [5, 5.41) is 8.22. The van der Waals surface area contributed by atoms with E-state index in [1.165, 1.54) is 57.4 Å². The Morgan fingerprint density at radius 3 is 2.21 bits per heavy atom. The first-order chi connectivity index (χ1) is 13.7. The molecule has 4 heterocycles. The van der Waals surface area contributed by atoms with Gasteiger partial charge in [-0.15, -0.1) is 10.2 Å². The second kappa shape index (κ2) is 9.01. The van der Waals surface area contributed by atoms with E-state index in [4.69, 9.17) is 4.74 Å². The number of piperidine rings is 2. The summed E-state index contributed by atoms with van der Waals surface area (Å²) in [5.41, 5.74) is 1.19. The van der Waals surface area contributed by atoms with Gasteiger partial charge in [0.15, 0.2) is 0 Å². The van der Waals surface area contributed by atoms with Crippen molar-refractivity contribution >= 4 is 0 Å². The Hall–Kier alpha value is -1.99. The largest absolute Gasteiger partial charge is 0.481 e. The van der Waals surface area contributed by atoms with Crippen molar-refractivity contribution in [1.82, 2.24) is 29.5 Å². The minimum absolute atomic E-state index is 0.764. The van der Waals surface area contributed by atoms with Gasteiger partial charge in [-0.2, -0.15) is 0 Å². The molecule has 2 aromatic rings. The number of pyridine rings is 1. The molecule has 0 aliphatic carbocycles. The molecular formula is C21H32N6O. The van der Waals surface area contributed by atoms with E-state index in [-0.39, 0.29) is 0 Å². The summed E-state index contributed by atoms with van der Waals surface area (Å²) >= 11 is 0. The van der Waals surface area contributed by atoms with Gasteiger partial charge in [0.05, 0.1) is 13.7 Å². The fourth-order valence-corrected chi connectivity index (χ4v) is 4.78. The van der Waals surface area contributed by atoms with Crippen molar-refractivity contribution in [2.45, 2.75) is 38.8 Å². The van der Waals surface area contributed by atoms with Crippen LogP contribution in [-0.2, 0) is 20.1 Å². The van der Waals surface area contributed by atoms with Crippen molar-refractivity contribution in [2.75, 3.05) is 33.3 Å². The summed E-state index contributed by atoms with van der Waals surface area (Å²) in [6.45, 7) is 6.60. The maximum Gasteiger partial charge on any atom is 0.217 e. The number of aryl methyl sites for hydroxylation is 1. The summed E-state index contributed by atoms with van der Waals surface area (Å²) in [6, 6.07) is 4.13. The van der Waals surface area contributed by atoms with E-state index < -0.39 is 0 Å². The van der Waals surface area contributed by atoms with Crippen molar-refractivity contribution in [3.05, 3.63) is 36.0 Å². The number of rotatable bonds is 6. The van der Waals surface area contributed by atoms with Gasteiger partial charge in [-0.05, 0) is 69.8 Å². The second-order valence-corrected chi connectivity index (χ2v) is 8.26. The topological polar surface area (TPSA) is 59.3 Å². The SMILES string of the molecule is COc1ncccc1CN1CCC(C2CCN(Cc3nncn3C)CC2)CC1. The number of hydrogen-bond donors (Lipinski definition) is 0. The van der Waals surface area contributed by atoms with Gasteiger partial charge in [0.1, 0.15) is 12.2 Å². The lowest BCUT2D eigenvalue weighted by Crippen LogP contribution is -2.40. The third-order valence-electron chi connectivity index (χ3n) is 6.54. The second-order valence-electron chi connectivity index (χ2n) is 8.26. The Morgan fingerprint density at radius 1 is 1.00 bits per heavy atom. The zero-order chi connectivity index (χ0) is 19.3. The Balaban J connectivity index is 1.22. The maximum absolute atomic E-state index is 5.41. The molecule has 0 atom stereocenters. The molecule has 0 unspecified atom stereocenters.